The van der Waals surface area contributed by atoms with Gasteiger partial charge in [-0.3, -0.25) is 14.9 Å². The number of anilines is 2. The van der Waals surface area contributed by atoms with Crippen molar-refractivity contribution in [3.8, 4) is 0 Å². The molecule has 1 saturated heterocycles. The number of halogens is 3. The first kappa shape index (κ1) is 26.1. The number of fused-ring (bicyclic) bond motifs is 2. The molecule has 3 aromatic carbocycles. The molecule has 4 atom stereocenters. The Morgan fingerprint density at radius 3 is 2.61 bits per heavy atom. The summed E-state index contributed by atoms with van der Waals surface area (Å²) in [6.45, 7) is 0. The number of Topliss-reactive ketones (excluding diaryl/α,β-unsaturated/α-hetero) is 1. The number of nitrogens with two attached hydrogens (primary N) is 2. The minimum absolute atomic E-state index is 0.0928. The van der Waals surface area contributed by atoms with E-state index in [1.807, 2.05) is 0 Å². The highest BCUT2D eigenvalue weighted by Gasteiger charge is 2.62. The molecule has 1 amide bonds. The van der Waals surface area contributed by atoms with Crippen LogP contribution in [0, 0.1) is 5.82 Å². The van der Waals surface area contributed by atoms with Gasteiger partial charge in [0.15, 0.2) is 5.78 Å². The molecule has 2 heterocycles. The number of carbonyl (C=O) groups excluding carboxylic acids is 3. The summed E-state index contributed by atoms with van der Waals surface area (Å²) >= 11 is 12.3. The summed E-state index contributed by atoms with van der Waals surface area (Å²) in [5, 5.41) is 6.38. The maximum atomic E-state index is 15.4. The molecule has 2 aliphatic rings. The van der Waals surface area contributed by atoms with Crippen molar-refractivity contribution >= 4 is 52.2 Å². The van der Waals surface area contributed by atoms with Crippen molar-refractivity contribution in [3.63, 3.8) is 0 Å². The first-order valence-electron chi connectivity index (χ1n) is 11.7. The molecule has 0 saturated carbocycles. The van der Waals surface area contributed by atoms with Gasteiger partial charge in [0.05, 0.1) is 17.7 Å². The normalized spacial score (nSPS) is 23.8. The van der Waals surface area contributed by atoms with Gasteiger partial charge >= 0.3 is 5.97 Å². The second-order valence-electron chi connectivity index (χ2n) is 9.32. The molecular formula is C27H23Cl2FN4O4. The quantitative estimate of drug-likeness (QED) is 0.212. The second-order valence-corrected chi connectivity index (χ2v) is 10.2. The highest BCUT2D eigenvalue weighted by Crippen LogP contribution is 2.52. The first-order valence-corrected chi connectivity index (χ1v) is 12.4. The number of amides is 1. The van der Waals surface area contributed by atoms with Crippen LogP contribution in [0.5, 0.6) is 0 Å². The third kappa shape index (κ3) is 4.03. The van der Waals surface area contributed by atoms with Crippen molar-refractivity contribution in [1.29, 1.82) is 0 Å². The number of rotatable bonds is 5. The van der Waals surface area contributed by atoms with Crippen LogP contribution in [0.3, 0.4) is 0 Å². The average Bonchev–Trinajstić information content (AvgIpc) is 3.32. The molecule has 3 aromatic rings. The third-order valence-electron chi connectivity index (χ3n) is 7.24. The van der Waals surface area contributed by atoms with E-state index in [2.05, 4.69) is 10.6 Å². The van der Waals surface area contributed by atoms with Crippen molar-refractivity contribution in [2.75, 3.05) is 18.2 Å². The summed E-state index contributed by atoms with van der Waals surface area (Å²) in [4.78, 5) is 38.8. The maximum absolute atomic E-state index is 15.4. The summed E-state index contributed by atoms with van der Waals surface area (Å²) in [7, 11) is 1.24. The Kier molecular flexibility index (Phi) is 6.65. The lowest BCUT2D eigenvalue weighted by Gasteiger charge is -2.31. The lowest BCUT2D eigenvalue weighted by molar-refractivity contribution is -0.122. The van der Waals surface area contributed by atoms with Gasteiger partial charge in [-0.1, -0.05) is 41.4 Å². The number of hydrogen-bond donors (Lipinski definition) is 4. The Morgan fingerprint density at radius 2 is 1.89 bits per heavy atom. The van der Waals surface area contributed by atoms with Crippen molar-refractivity contribution in [3.05, 3.63) is 92.7 Å². The number of ether oxygens (including phenoxy) is 1. The van der Waals surface area contributed by atoms with E-state index in [1.54, 1.807) is 24.3 Å². The van der Waals surface area contributed by atoms with Crippen LogP contribution in [0.4, 0.5) is 15.8 Å². The van der Waals surface area contributed by atoms with E-state index in [4.69, 9.17) is 39.4 Å². The molecule has 0 bridgehead atoms. The summed E-state index contributed by atoms with van der Waals surface area (Å²) in [5.74, 6) is -3.02. The van der Waals surface area contributed by atoms with Crippen LogP contribution in [-0.4, -0.2) is 36.9 Å². The Labute approximate surface area is 227 Å². The van der Waals surface area contributed by atoms with Crippen molar-refractivity contribution in [2.24, 2.45) is 5.73 Å². The zero-order valence-electron chi connectivity index (χ0n) is 20.1. The van der Waals surface area contributed by atoms with Crippen molar-refractivity contribution in [1.82, 2.24) is 5.32 Å². The largest absolute Gasteiger partial charge is 0.465 e. The standard InChI is InChI=1S/C27H23Cl2FN4O4/c1-38-25(36)12-5-7-14(18(31)9-12)21(35)11-20-24(32)22(15-3-2-4-17(29)23(15)30)27(34-20)16-8-6-13(28)10-19(16)33-26(27)37/h2-10,20,22,24,34H,11,31-32H2,1H3,(H,33,37)/t20-,22-,24+,27+/m0/s1. The molecule has 5 rings (SSSR count). The Bertz CT molecular complexity index is 1500. The first-order chi connectivity index (χ1) is 18.1. The van der Waals surface area contributed by atoms with Gasteiger partial charge in [-0.15, -0.1) is 0 Å². The number of carbonyl (C=O) groups is 3. The molecule has 0 aliphatic carbocycles. The lowest BCUT2D eigenvalue weighted by Crippen LogP contribution is -2.49. The predicted molar refractivity (Wildman–Crippen MR) is 142 cm³/mol. The highest BCUT2D eigenvalue weighted by molar-refractivity contribution is 6.31. The van der Waals surface area contributed by atoms with Gasteiger partial charge in [0, 0.05) is 51.9 Å². The molecule has 1 fully saturated rings. The topological polar surface area (TPSA) is 137 Å². The number of hydrogen-bond acceptors (Lipinski definition) is 7. The smallest absolute Gasteiger partial charge is 0.337 e. The van der Waals surface area contributed by atoms with Crippen LogP contribution < -0.4 is 22.1 Å². The van der Waals surface area contributed by atoms with E-state index in [0.717, 1.165) is 0 Å². The van der Waals surface area contributed by atoms with Crippen LogP contribution in [0.1, 0.15) is 44.2 Å². The van der Waals surface area contributed by atoms with E-state index in [-0.39, 0.29) is 39.6 Å². The van der Waals surface area contributed by atoms with E-state index < -0.39 is 41.2 Å². The van der Waals surface area contributed by atoms with E-state index in [1.165, 1.54) is 37.4 Å². The van der Waals surface area contributed by atoms with Gasteiger partial charge < -0.3 is 21.5 Å². The summed E-state index contributed by atoms with van der Waals surface area (Å²) < 4.78 is 20.1. The number of ketones is 1. The third-order valence-corrected chi connectivity index (χ3v) is 7.76. The number of esters is 1. The molecule has 0 radical (unpaired) electrons. The van der Waals surface area contributed by atoms with Gasteiger partial charge in [-0.25, -0.2) is 9.18 Å². The van der Waals surface area contributed by atoms with Crippen LogP contribution >= 0.6 is 23.2 Å². The summed E-state index contributed by atoms with van der Waals surface area (Å²) in [6, 6.07) is 12.0. The molecule has 0 unspecified atom stereocenters. The fraction of sp³-hybridized carbons (Fsp3) is 0.222. The maximum Gasteiger partial charge on any atom is 0.337 e. The molecule has 6 N–H and O–H groups in total. The lowest BCUT2D eigenvalue weighted by atomic mass is 9.74. The van der Waals surface area contributed by atoms with Crippen LogP contribution in [0.2, 0.25) is 10.0 Å². The monoisotopic (exact) mass is 556 g/mol. The second kappa shape index (κ2) is 9.67. The van der Waals surface area contributed by atoms with E-state index >= 15 is 4.39 Å². The molecule has 8 nitrogen and oxygen atoms in total. The summed E-state index contributed by atoms with van der Waals surface area (Å²) in [5.41, 5.74) is 12.9. The Morgan fingerprint density at radius 1 is 1.13 bits per heavy atom. The summed E-state index contributed by atoms with van der Waals surface area (Å²) in [6.07, 6.45) is -0.153. The molecule has 1 spiro atoms. The van der Waals surface area contributed by atoms with E-state index in [0.29, 0.717) is 16.3 Å². The van der Waals surface area contributed by atoms with Crippen molar-refractivity contribution < 1.29 is 23.5 Å². The Hall–Kier alpha value is -3.50. The van der Waals surface area contributed by atoms with Gasteiger partial charge in [0.1, 0.15) is 11.4 Å². The number of benzene rings is 3. The van der Waals surface area contributed by atoms with Gasteiger partial charge in [0.2, 0.25) is 5.91 Å². The molecular weight excluding hydrogens is 534 g/mol. The fourth-order valence-corrected chi connectivity index (χ4v) is 5.87. The fourth-order valence-electron chi connectivity index (χ4n) is 5.52. The van der Waals surface area contributed by atoms with Crippen LogP contribution in [0.25, 0.3) is 0 Å². The number of nitrogen functional groups attached to an aromatic ring is 1. The van der Waals surface area contributed by atoms with Crippen LogP contribution in [-0.2, 0) is 15.1 Å². The molecule has 11 heteroatoms. The average molecular weight is 557 g/mol. The minimum Gasteiger partial charge on any atom is -0.465 e. The van der Waals surface area contributed by atoms with Crippen molar-refractivity contribution in [2.45, 2.75) is 30.0 Å². The van der Waals surface area contributed by atoms with Crippen LogP contribution in [0.15, 0.2) is 54.6 Å². The highest BCUT2D eigenvalue weighted by atomic mass is 35.5. The molecule has 196 valence electrons. The predicted octanol–water partition coefficient (Wildman–Crippen LogP) is 4.00. The zero-order valence-corrected chi connectivity index (χ0v) is 21.6. The van der Waals surface area contributed by atoms with Gasteiger partial charge in [-0.2, -0.15) is 0 Å². The van der Waals surface area contributed by atoms with E-state index in [9.17, 15) is 14.4 Å². The Balaban J connectivity index is 1.56. The molecule has 38 heavy (non-hydrogen) atoms. The van der Waals surface area contributed by atoms with Gasteiger partial charge in [-0.05, 0) is 42.0 Å². The SMILES string of the molecule is COC(=O)c1ccc(C(=O)C[C@@H]2N[C@@]3(C(=O)Nc4cc(Cl)ccc43)[C@@H](c3cccc(Cl)c3F)[C@@H]2N)c(N)c1. The molecule has 0 aromatic heterocycles. The number of nitrogens with one attached hydrogen (secondary N) is 2. The van der Waals surface area contributed by atoms with Gasteiger partial charge in [0.25, 0.3) is 0 Å². The number of methoxy groups -OCH3 is 1. The zero-order chi connectivity index (χ0) is 27.4. The molecule has 2 aliphatic heterocycles. The minimum atomic E-state index is -1.49.